The van der Waals surface area contributed by atoms with Gasteiger partial charge in [-0.05, 0) is 12.8 Å². The van der Waals surface area contributed by atoms with Gasteiger partial charge in [0.15, 0.2) is 0 Å². The second kappa shape index (κ2) is 31.3. The number of quaternary nitrogens is 1. The Balaban J connectivity index is 3.52. The predicted molar refractivity (Wildman–Crippen MR) is 184 cm³/mol. The summed E-state index contributed by atoms with van der Waals surface area (Å²) < 4.78 is 0.908. The molecule has 3 nitrogen and oxygen atoms in total. The third-order valence-electron chi connectivity index (χ3n) is 9.42. The van der Waals surface area contributed by atoms with Crippen LogP contribution in [0.15, 0.2) is 0 Å². The maximum Gasteiger partial charge on any atom is 0.0807 e. The molecule has 0 saturated heterocycles. The second-order valence-electron chi connectivity index (χ2n) is 14.3. The van der Waals surface area contributed by atoms with Crippen molar-refractivity contribution in [3.63, 3.8) is 0 Å². The van der Waals surface area contributed by atoms with Crippen molar-refractivity contribution >= 4 is 0 Å². The van der Waals surface area contributed by atoms with Crippen LogP contribution in [0.1, 0.15) is 206 Å². The molecule has 0 aromatic heterocycles. The molecule has 0 fully saturated rings. The molecule has 0 rings (SSSR count). The van der Waals surface area contributed by atoms with Gasteiger partial charge in [0, 0.05) is 12.8 Å². The van der Waals surface area contributed by atoms with E-state index in [1.54, 1.807) is 0 Å². The summed E-state index contributed by atoms with van der Waals surface area (Å²) in [6.45, 7) is 6.59. The van der Waals surface area contributed by atoms with Crippen LogP contribution in [0, 0.1) is 0 Å². The van der Waals surface area contributed by atoms with Gasteiger partial charge in [0.2, 0.25) is 0 Å². The molecule has 0 aromatic rings. The van der Waals surface area contributed by atoms with E-state index in [1.165, 1.54) is 167 Å². The Hall–Kier alpha value is -0.120. The van der Waals surface area contributed by atoms with Gasteiger partial charge in [0.25, 0.3) is 0 Å². The molecular weight excluding hydrogens is 502 g/mol. The molecule has 0 spiro atoms. The van der Waals surface area contributed by atoms with Gasteiger partial charge in [-0.25, -0.2) is 0 Å². The van der Waals surface area contributed by atoms with Gasteiger partial charge in [-0.1, -0.05) is 181 Å². The minimum Gasteiger partial charge on any atom is -0.393 e. The first-order valence-electron chi connectivity index (χ1n) is 19.1. The zero-order valence-corrected chi connectivity index (χ0v) is 29.1. The van der Waals surface area contributed by atoms with E-state index in [2.05, 4.69) is 27.9 Å². The molecule has 0 aromatic carbocycles. The van der Waals surface area contributed by atoms with Crippen LogP contribution in [0.4, 0.5) is 0 Å². The quantitative estimate of drug-likeness (QED) is 0.0585. The Morgan fingerprint density at radius 2 is 0.561 bits per heavy atom. The Labute approximate surface area is 260 Å². The van der Waals surface area contributed by atoms with Crippen molar-refractivity contribution in [3.05, 3.63) is 0 Å². The maximum absolute atomic E-state index is 10.5. The predicted octanol–water partition coefficient (Wildman–Crippen LogP) is 11.5. The molecule has 0 aliphatic rings. The largest absolute Gasteiger partial charge is 0.393 e. The highest BCUT2D eigenvalue weighted by atomic mass is 16.3. The highest BCUT2D eigenvalue weighted by Gasteiger charge is 2.19. The summed E-state index contributed by atoms with van der Waals surface area (Å²) in [4.78, 5) is 0. The standard InChI is InChI=1S/C38H80NO2/c1-5-7-9-11-13-15-17-19-21-23-25-27-29-31-37(40)33-35-39(3,4)36-34-38(41)32-30-28-26-24-22-20-18-16-14-12-10-8-6-2/h37-38,40-41H,5-36H2,1-4H3/q+1. The lowest BCUT2D eigenvalue weighted by molar-refractivity contribution is -0.891. The SMILES string of the molecule is CCCCCCCCCCCCCCCC(O)CC[N+](C)(C)CCC(O)CCCCCCCCCCCCCCC. The zero-order chi connectivity index (χ0) is 30.3. The fourth-order valence-corrected chi connectivity index (χ4v) is 6.19. The van der Waals surface area contributed by atoms with Crippen LogP contribution >= 0.6 is 0 Å². The van der Waals surface area contributed by atoms with Gasteiger partial charge in [-0.15, -0.1) is 0 Å². The molecule has 0 bridgehead atoms. The smallest absolute Gasteiger partial charge is 0.0807 e. The fraction of sp³-hybridized carbons (Fsp3) is 1.00. The number of aliphatic hydroxyl groups excluding tert-OH is 2. The van der Waals surface area contributed by atoms with Gasteiger partial charge in [-0.2, -0.15) is 0 Å². The molecule has 248 valence electrons. The van der Waals surface area contributed by atoms with Crippen LogP contribution in [-0.4, -0.2) is 54.1 Å². The molecule has 0 aliphatic heterocycles. The molecule has 0 radical (unpaired) electrons. The molecule has 41 heavy (non-hydrogen) atoms. The van der Waals surface area contributed by atoms with Crippen molar-refractivity contribution in [2.75, 3.05) is 27.2 Å². The zero-order valence-electron chi connectivity index (χ0n) is 29.1. The van der Waals surface area contributed by atoms with E-state index in [0.29, 0.717) is 0 Å². The number of rotatable bonds is 34. The molecular formula is C38H80NO2+. The average Bonchev–Trinajstić information content (AvgIpc) is 2.96. The van der Waals surface area contributed by atoms with E-state index in [-0.39, 0.29) is 12.2 Å². The summed E-state index contributed by atoms with van der Waals surface area (Å²) in [5, 5.41) is 21.0. The van der Waals surface area contributed by atoms with Crippen LogP contribution in [0.5, 0.6) is 0 Å². The lowest BCUT2D eigenvalue weighted by Crippen LogP contribution is -2.43. The van der Waals surface area contributed by atoms with Gasteiger partial charge >= 0.3 is 0 Å². The first-order valence-corrected chi connectivity index (χ1v) is 19.1. The van der Waals surface area contributed by atoms with E-state index in [9.17, 15) is 10.2 Å². The van der Waals surface area contributed by atoms with Crippen molar-refractivity contribution in [1.29, 1.82) is 0 Å². The molecule has 0 amide bonds. The van der Waals surface area contributed by atoms with Crippen molar-refractivity contribution in [2.45, 2.75) is 219 Å². The van der Waals surface area contributed by atoms with Crippen LogP contribution < -0.4 is 0 Å². The van der Waals surface area contributed by atoms with Crippen LogP contribution in [0.3, 0.4) is 0 Å². The molecule has 0 saturated carbocycles. The Kier molecular flexibility index (Phi) is 31.2. The van der Waals surface area contributed by atoms with Crippen molar-refractivity contribution in [2.24, 2.45) is 0 Å². The van der Waals surface area contributed by atoms with Gasteiger partial charge < -0.3 is 14.7 Å². The highest BCUT2D eigenvalue weighted by Crippen LogP contribution is 2.17. The van der Waals surface area contributed by atoms with Crippen molar-refractivity contribution in [3.8, 4) is 0 Å². The number of unbranched alkanes of at least 4 members (excludes halogenated alkanes) is 24. The summed E-state index contributed by atoms with van der Waals surface area (Å²) in [7, 11) is 4.52. The third-order valence-corrected chi connectivity index (χ3v) is 9.42. The lowest BCUT2D eigenvalue weighted by Gasteiger charge is -2.31. The average molecular weight is 583 g/mol. The van der Waals surface area contributed by atoms with E-state index in [0.717, 1.165) is 43.3 Å². The van der Waals surface area contributed by atoms with Crippen LogP contribution in [0.25, 0.3) is 0 Å². The molecule has 0 heterocycles. The minimum absolute atomic E-state index is 0.157. The first-order chi connectivity index (χ1) is 19.9. The minimum atomic E-state index is -0.157. The van der Waals surface area contributed by atoms with Gasteiger partial charge in [-0.3, -0.25) is 0 Å². The Morgan fingerprint density at radius 3 is 0.805 bits per heavy atom. The van der Waals surface area contributed by atoms with E-state index in [4.69, 9.17) is 0 Å². The fourth-order valence-electron chi connectivity index (χ4n) is 6.19. The van der Waals surface area contributed by atoms with Gasteiger partial charge in [0.1, 0.15) is 0 Å². The summed E-state index contributed by atoms with van der Waals surface area (Å²) in [5.74, 6) is 0. The maximum atomic E-state index is 10.5. The summed E-state index contributed by atoms with van der Waals surface area (Å²) in [6, 6.07) is 0. The number of hydrogen-bond acceptors (Lipinski definition) is 2. The summed E-state index contributed by atoms with van der Waals surface area (Å²) >= 11 is 0. The molecule has 3 heteroatoms. The third kappa shape index (κ3) is 32.6. The molecule has 2 atom stereocenters. The van der Waals surface area contributed by atoms with E-state index in [1.807, 2.05) is 0 Å². The number of aliphatic hydroxyl groups is 2. The highest BCUT2D eigenvalue weighted by molar-refractivity contribution is 4.59. The Bertz CT molecular complexity index is 453. The van der Waals surface area contributed by atoms with Crippen LogP contribution in [0.2, 0.25) is 0 Å². The molecule has 2 unspecified atom stereocenters. The second-order valence-corrected chi connectivity index (χ2v) is 14.3. The summed E-state index contributed by atoms with van der Waals surface area (Å²) in [5.41, 5.74) is 0. The number of nitrogens with zero attached hydrogens (tertiary/aromatic N) is 1. The van der Waals surface area contributed by atoms with Gasteiger partial charge in [0.05, 0.1) is 39.4 Å². The van der Waals surface area contributed by atoms with E-state index < -0.39 is 0 Å². The number of hydrogen-bond donors (Lipinski definition) is 2. The lowest BCUT2D eigenvalue weighted by atomic mass is 10.0. The summed E-state index contributed by atoms with van der Waals surface area (Å²) in [6.07, 6.45) is 39.2. The normalized spacial score (nSPS) is 13.6. The van der Waals surface area contributed by atoms with Crippen molar-refractivity contribution < 1.29 is 14.7 Å². The van der Waals surface area contributed by atoms with Crippen molar-refractivity contribution in [1.82, 2.24) is 0 Å². The van der Waals surface area contributed by atoms with E-state index >= 15 is 0 Å². The molecule has 0 aliphatic carbocycles. The Morgan fingerprint density at radius 1 is 0.341 bits per heavy atom. The first kappa shape index (κ1) is 40.9. The molecule has 2 N–H and O–H groups in total. The van der Waals surface area contributed by atoms with Crippen LogP contribution in [-0.2, 0) is 0 Å². The topological polar surface area (TPSA) is 40.5 Å². The monoisotopic (exact) mass is 583 g/mol.